The third-order valence-corrected chi connectivity index (χ3v) is 5.07. The van der Waals surface area contributed by atoms with Gasteiger partial charge in [-0.05, 0) is 45.4 Å². The second kappa shape index (κ2) is 8.36. The van der Waals surface area contributed by atoms with Crippen molar-refractivity contribution in [2.24, 2.45) is 5.92 Å². The highest BCUT2D eigenvalue weighted by atomic mass is 16.5. The van der Waals surface area contributed by atoms with Crippen LogP contribution in [0.1, 0.15) is 51.9 Å². The lowest BCUT2D eigenvalue weighted by Gasteiger charge is -2.32. The molecule has 1 aliphatic heterocycles. The van der Waals surface area contributed by atoms with Gasteiger partial charge in [0.2, 0.25) is 5.88 Å². The van der Waals surface area contributed by atoms with Crippen LogP contribution in [0.15, 0.2) is 6.33 Å². The predicted octanol–water partition coefficient (Wildman–Crippen LogP) is 2.55. The van der Waals surface area contributed by atoms with E-state index in [9.17, 15) is 4.79 Å². The average molecular weight is 348 g/mol. The molecule has 1 saturated carbocycles. The molecule has 1 saturated heterocycles. The molecule has 1 aromatic heterocycles. The van der Waals surface area contributed by atoms with Crippen LogP contribution in [0.25, 0.3) is 0 Å². The minimum Gasteiger partial charge on any atom is -0.473 e. The topological polar surface area (TPSA) is 90.6 Å². The molecule has 0 atom stereocenters. The van der Waals surface area contributed by atoms with Gasteiger partial charge < -0.3 is 20.1 Å². The van der Waals surface area contributed by atoms with Gasteiger partial charge in [-0.15, -0.1) is 0 Å². The van der Waals surface area contributed by atoms with Crippen LogP contribution in [0, 0.1) is 5.92 Å². The van der Waals surface area contributed by atoms with Crippen LogP contribution in [0.3, 0.4) is 0 Å². The van der Waals surface area contributed by atoms with Gasteiger partial charge >= 0.3 is 5.97 Å². The molecule has 0 bridgehead atoms. The van der Waals surface area contributed by atoms with Gasteiger partial charge in [0.15, 0.2) is 5.82 Å². The van der Waals surface area contributed by atoms with E-state index in [0.29, 0.717) is 24.0 Å². The predicted molar refractivity (Wildman–Crippen MR) is 95.5 cm³/mol. The standard InChI is InChI=1S/C18H28N4O3/c1-2-24-18(23)13-8-10-22(11-9-13)16-15(19)17(21-12-20-16)25-14-6-4-3-5-7-14/h12-14H,2-11,19H2,1H3. The number of hydrogen-bond donors (Lipinski definition) is 1. The van der Waals surface area contributed by atoms with Crippen molar-refractivity contribution in [3.05, 3.63) is 6.33 Å². The summed E-state index contributed by atoms with van der Waals surface area (Å²) >= 11 is 0. The summed E-state index contributed by atoms with van der Waals surface area (Å²) in [5, 5.41) is 0. The van der Waals surface area contributed by atoms with E-state index in [-0.39, 0.29) is 18.0 Å². The van der Waals surface area contributed by atoms with Gasteiger partial charge in [-0.25, -0.2) is 4.98 Å². The Bertz CT molecular complexity index is 582. The number of piperidine rings is 1. The lowest BCUT2D eigenvalue weighted by Crippen LogP contribution is -2.38. The van der Waals surface area contributed by atoms with Crippen molar-refractivity contribution in [2.45, 2.75) is 58.0 Å². The quantitative estimate of drug-likeness (QED) is 0.818. The Labute approximate surface area is 148 Å². The molecule has 0 spiro atoms. The molecule has 25 heavy (non-hydrogen) atoms. The highest BCUT2D eigenvalue weighted by molar-refractivity contribution is 5.73. The first-order valence-electron chi connectivity index (χ1n) is 9.37. The van der Waals surface area contributed by atoms with Crippen LogP contribution >= 0.6 is 0 Å². The minimum atomic E-state index is -0.0980. The maximum Gasteiger partial charge on any atom is 0.309 e. The van der Waals surface area contributed by atoms with Crippen LogP contribution in [0.4, 0.5) is 11.5 Å². The molecule has 2 aliphatic rings. The highest BCUT2D eigenvalue weighted by Crippen LogP contribution is 2.33. The summed E-state index contributed by atoms with van der Waals surface area (Å²) in [6, 6.07) is 0. The Morgan fingerprint density at radius 3 is 2.60 bits per heavy atom. The zero-order chi connectivity index (χ0) is 17.6. The summed E-state index contributed by atoms with van der Waals surface area (Å²) in [6.45, 7) is 3.73. The monoisotopic (exact) mass is 348 g/mol. The van der Waals surface area contributed by atoms with Gasteiger partial charge in [-0.3, -0.25) is 4.79 Å². The van der Waals surface area contributed by atoms with E-state index in [0.717, 1.165) is 38.8 Å². The second-order valence-corrected chi connectivity index (χ2v) is 6.81. The van der Waals surface area contributed by atoms with E-state index in [1.807, 2.05) is 6.92 Å². The summed E-state index contributed by atoms with van der Waals surface area (Å²) in [7, 11) is 0. The normalized spacial score (nSPS) is 19.6. The second-order valence-electron chi connectivity index (χ2n) is 6.81. The number of nitrogens with zero attached hydrogens (tertiary/aromatic N) is 3. The van der Waals surface area contributed by atoms with Crippen LogP contribution in [-0.2, 0) is 9.53 Å². The largest absolute Gasteiger partial charge is 0.473 e. The Hall–Kier alpha value is -2.05. The zero-order valence-corrected chi connectivity index (χ0v) is 14.9. The number of nitrogens with two attached hydrogens (primary N) is 1. The zero-order valence-electron chi connectivity index (χ0n) is 14.9. The van der Waals surface area contributed by atoms with Crippen LogP contribution < -0.4 is 15.4 Å². The van der Waals surface area contributed by atoms with Crippen molar-refractivity contribution in [2.75, 3.05) is 30.3 Å². The summed E-state index contributed by atoms with van der Waals surface area (Å²) in [5.74, 6) is 1.07. The van der Waals surface area contributed by atoms with Gasteiger partial charge in [0.25, 0.3) is 0 Å². The maximum absolute atomic E-state index is 11.9. The number of hydrogen-bond acceptors (Lipinski definition) is 7. The number of rotatable bonds is 5. The van der Waals surface area contributed by atoms with Gasteiger partial charge in [0.1, 0.15) is 18.1 Å². The summed E-state index contributed by atoms with van der Waals surface area (Å²) in [6.07, 6.45) is 9.01. The van der Waals surface area contributed by atoms with Crippen LogP contribution in [0.2, 0.25) is 0 Å². The van der Waals surface area contributed by atoms with E-state index in [1.165, 1.54) is 25.6 Å². The molecule has 2 fully saturated rings. The number of ether oxygens (including phenoxy) is 2. The summed E-state index contributed by atoms with van der Waals surface area (Å²) in [5.41, 5.74) is 6.79. The lowest BCUT2D eigenvalue weighted by atomic mass is 9.97. The van der Waals surface area contributed by atoms with Crippen molar-refractivity contribution in [3.8, 4) is 5.88 Å². The summed E-state index contributed by atoms with van der Waals surface area (Å²) < 4.78 is 11.2. The molecule has 7 heteroatoms. The fourth-order valence-corrected chi connectivity index (χ4v) is 3.64. The van der Waals surface area contributed by atoms with Crippen molar-refractivity contribution in [1.29, 1.82) is 0 Å². The first-order valence-corrected chi connectivity index (χ1v) is 9.37. The van der Waals surface area contributed by atoms with E-state index in [1.54, 1.807) is 0 Å². The van der Waals surface area contributed by atoms with E-state index < -0.39 is 0 Å². The molecule has 0 radical (unpaired) electrons. The molecular formula is C18H28N4O3. The Morgan fingerprint density at radius 1 is 1.20 bits per heavy atom. The summed E-state index contributed by atoms with van der Waals surface area (Å²) in [4.78, 5) is 22.6. The number of carbonyl (C=O) groups is 1. The van der Waals surface area contributed by atoms with E-state index >= 15 is 0 Å². The van der Waals surface area contributed by atoms with Crippen molar-refractivity contribution < 1.29 is 14.3 Å². The molecule has 1 aromatic rings. The molecule has 2 heterocycles. The molecular weight excluding hydrogens is 320 g/mol. The first kappa shape index (κ1) is 17.8. The lowest BCUT2D eigenvalue weighted by molar-refractivity contribution is -0.148. The smallest absolute Gasteiger partial charge is 0.309 e. The van der Waals surface area contributed by atoms with Gasteiger partial charge in [-0.1, -0.05) is 6.42 Å². The van der Waals surface area contributed by atoms with Gasteiger partial charge in [0, 0.05) is 13.1 Å². The number of nitrogen functional groups attached to an aromatic ring is 1. The molecule has 2 N–H and O–H groups in total. The molecule has 0 amide bonds. The number of esters is 1. The van der Waals surface area contributed by atoms with Gasteiger partial charge in [0.05, 0.1) is 12.5 Å². The first-order chi connectivity index (χ1) is 12.2. The molecule has 0 unspecified atom stereocenters. The number of aromatic nitrogens is 2. The van der Waals surface area contributed by atoms with Gasteiger partial charge in [-0.2, -0.15) is 4.98 Å². The third kappa shape index (κ3) is 4.32. The van der Waals surface area contributed by atoms with Crippen LogP contribution in [-0.4, -0.2) is 41.7 Å². The van der Waals surface area contributed by atoms with E-state index in [2.05, 4.69) is 14.9 Å². The number of carbonyl (C=O) groups excluding carboxylic acids is 1. The fourth-order valence-electron chi connectivity index (χ4n) is 3.64. The Kier molecular flexibility index (Phi) is 5.94. The molecule has 138 valence electrons. The van der Waals surface area contributed by atoms with Crippen LogP contribution in [0.5, 0.6) is 5.88 Å². The van der Waals surface area contributed by atoms with Crippen molar-refractivity contribution >= 4 is 17.5 Å². The molecule has 0 aromatic carbocycles. The Balaban J connectivity index is 1.63. The molecule has 7 nitrogen and oxygen atoms in total. The molecule has 1 aliphatic carbocycles. The highest BCUT2D eigenvalue weighted by Gasteiger charge is 2.28. The Morgan fingerprint density at radius 2 is 1.92 bits per heavy atom. The van der Waals surface area contributed by atoms with Crippen molar-refractivity contribution in [1.82, 2.24) is 9.97 Å². The van der Waals surface area contributed by atoms with E-state index in [4.69, 9.17) is 15.2 Å². The molecule has 3 rings (SSSR count). The third-order valence-electron chi connectivity index (χ3n) is 5.07. The maximum atomic E-state index is 11.9. The fraction of sp³-hybridized carbons (Fsp3) is 0.722. The SMILES string of the molecule is CCOC(=O)C1CCN(c2ncnc(OC3CCCCC3)c2N)CC1. The van der Waals surface area contributed by atoms with Crippen molar-refractivity contribution in [3.63, 3.8) is 0 Å². The minimum absolute atomic E-state index is 0.0304. The number of anilines is 2. The average Bonchev–Trinajstić information content (AvgIpc) is 2.65.